The lowest BCUT2D eigenvalue weighted by molar-refractivity contribution is 0.0712. The molecule has 3 nitrogen and oxygen atoms in total. The van der Waals surface area contributed by atoms with Crippen LogP contribution in [0.1, 0.15) is 34.7 Å². The topological polar surface area (TPSA) is 33.2 Å². The molecule has 1 aromatic carbocycles. The predicted molar refractivity (Wildman–Crippen MR) is 78.6 cm³/mol. The quantitative estimate of drug-likeness (QED) is 0.836. The van der Waals surface area contributed by atoms with Crippen molar-refractivity contribution >= 4 is 5.91 Å². The van der Waals surface area contributed by atoms with E-state index in [4.69, 9.17) is 0 Å². The third kappa shape index (κ3) is 2.72. The molecule has 0 saturated carbocycles. The lowest BCUT2D eigenvalue weighted by Crippen LogP contribution is -2.37. The van der Waals surface area contributed by atoms with E-state index in [9.17, 15) is 4.79 Å². The van der Waals surface area contributed by atoms with Crippen LogP contribution in [-0.4, -0.2) is 28.9 Å². The SMILES string of the molecule is O=C(c1cccnc1)N1CCC(c2ccccc2)CC1. The summed E-state index contributed by atoms with van der Waals surface area (Å²) in [6, 6.07) is 14.2. The van der Waals surface area contributed by atoms with Gasteiger partial charge in [-0.2, -0.15) is 0 Å². The molecule has 0 bridgehead atoms. The zero-order valence-electron chi connectivity index (χ0n) is 11.4. The standard InChI is InChI=1S/C17H18N2O/c20-17(16-7-4-10-18-13-16)19-11-8-15(9-12-19)14-5-2-1-3-6-14/h1-7,10,13,15H,8-9,11-12H2. The Kier molecular flexibility index (Phi) is 3.77. The average molecular weight is 266 g/mol. The number of piperidine rings is 1. The summed E-state index contributed by atoms with van der Waals surface area (Å²) in [4.78, 5) is 18.3. The van der Waals surface area contributed by atoms with Gasteiger partial charge in [0, 0.05) is 25.5 Å². The fraction of sp³-hybridized carbons (Fsp3) is 0.294. The van der Waals surface area contributed by atoms with Gasteiger partial charge in [-0.15, -0.1) is 0 Å². The van der Waals surface area contributed by atoms with Gasteiger partial charge in [-0.05, 0) is 36.5 Å². The molecular formula is C17H18N2O. The Labute approximate surface area is 119 Å². The lowest BCUT2D eigenvalue weighted by Gasteiger charge is -2.32. The molecule has 1 aliphatic rings. The van der Waals surface area contributed by atoms with E-state index in [0.717, 1.165) is 25.9 Å². The van der Waals surface area contributed by atoms with E-state index < -0.39 is 0 Å². The van der Waals surface area contributed by atoms with Crippen molar-refractivity contribution in [2.75, 3.05) is 13.1 Å². The Morgan fingerprint density at radius 2 is 1.80 bits per heavy atom. The number of benzene rings is 1. The minimum absolute atomic E-state index is 0.101. The summed E-state index contributed by atoms with van der Waals surface area (Å²) in [6.07, 6.45) is 5.41. The molecule has 102 valence electrons. The summed E-state index contributed by atoms with van der Waals surface area (Å²) >= 11 is 0. The molecule has 2 aromatic rings. The van der Waals surface area contributed by atoms with E-state index in [-0.39, 0.29) is 5.91 Å². The molecule has 0 atom stereocenters. The molecule has 0 aliphatic carbocycles. The molecule has 2 heterocycles. The van der Waals surface area contributed by atoms with Gasteiger partial charge in [-0.1, -0.05) is 30.3 Å². The molecule has 0 spiro atoms. The Balaban J connectivity index is 1.63. The number of pyridine rings is 1. The van der Waals surface area contributed by atoms with Gasteiger partial charge in [0.2, 0.25) is 0 Å². The largest absolute Gasteiger partial charge is 0.339 e. The van der Waals surface area contributed by atoms with Crippen molar-refractivity contribution < 1.29 is 4.79 Å². The number of hydrogen-bond acceptors (Lipinski definition) is 2. The van der Waals surface area contributed by atoms with Crippen LogP contribution in [0.5, 0.6) is 0 Å². The van der Waals surface area contributed by atoms with Crippen LogP contribution in [0.15, 0.2) is 54.9 Å². The van der Waals surface area contributed by atoms with E-state index in [1.165, 1.54) is 5.56 Å². The highest BCUT2D eigenvalue weighted by Gasteiger charge is 2.24. The molecule has 1 aliphatic heterocycles. The van der Waals surface area contributed by atoms with Crippen molar-refractivity contribution in [2.24, 2.45) is 0 Å². The number of carbonyl (C=O) groups is 1. The minimum atomic E-state index is 0.101. The van der Waals surface area contributed by atoms with Gasteiger partial charge in [0.1, 0.15) is 0 Å². The number of amides is 1. The Morgan fingerprint density at radius 3 is 2.45 bits per heavy atom. The van der Waals surface area contributed by atoms with Crippen molar-refractivity contribution in [3.05, 3.63) is 66.0 Å². The van der Waals surface area contributed by atoms with E-state index in [2.05, 4.69) is 29.2 Å². The molecule has 20 heavy (non-hydrogen) atoms. The second-order valence-electron chi connectivity index (χ2n) is 5.22. The fourth-order valence-corrected chi connectivity index (χ4v) is 2.81. The first-order valence-corrected chi connectivity index (χ1v) is 7.09. The van der Waals surface area contributed by atoms with Crippen molar-refractivity contribution in [1.82, 2.24) is 9.88 Å². The van der Waals surface area contributed by atoms with Crippen LogP contribution in [0.2, 0.25) is 0 Å². The third-order valence-corrected chi connectivity index (χ3v) is 3.96. The number of aromatic nitrogens is 1. The Bertz CT molecular complexity index is 560. The normalized spacial score (nSPS) is 16.1. The van der Waals surface area contributed by atoms with Gasteiger partial charge in [-0.25, -0.2) is 0 Å². The number of hydrogen-bond donors (Lipinski definition) is 0. The molecule has 1 aromatic heterocycles. The second-order valence-corrected chi connectivity index (χ2v) is 5.22. The zero-order chi connectivity index (χ0) is 13.8. The Hall–Kier alpha value is -2.16. The van der Waals surface area contributed by atoms with Gasteiger partial charge in [0.05, 0.1) is 5.56 Å². The smallest absolute Gasteiger partial charge is 0.255 e. The van der Waals surface area contributed by atoms with Gasteiger partial charge in [0.15, 0.2) is 0 Å². The van der Waals surface area contributed by atoms with Crippen molar-refractivity contribution in [3.63, 3.8) is 0 Å². The first-order valence-electron chi connectivity index (χ1n) is 7.09. The van der Waals surface area contributed by atoms with Crippen LogP contribution in [-0.2, 0) is 0 Å². The molecule has 0 N–H and O–H groups in total. The maximum Gasteiger partial charge on any atom is 0.255 e. The second kappa shape index (κ2) is 5.87. The highest BCUT2D eigenvalue weighted by atomic mass is 16.2. The summed E-state index contributed by atoms with van der Waals surface area (Å²) in [5.74, 6) is 0.679. The summed E-state index contributed by atoms with van der Waals surface area (Å²) in [5, 5.41) is 0. The first-order chi connectivity index (χ1) is 9.84. The number of likely N-dealkylation sites (tertiary alicyclic amines) is 1. The van der Waals surface area contributed by atoms with E-state index in [0.29, 0.717) is 11.5 Å². The molecule has 3 heteroatoms. The maximum atomic E-state index is 12.3. The van der Waals surface area contributed by atoms with Crippen LogP contribution in [0, 0.1) is 0 Å². The van der Waals surface area contributed by atoms with Crippen molar-refractivity contribution in [1.29, 1.82) is 0 Å². The monoisotopic (exact) mass is 266 g/mol. The maximum absolute atomic E-state index is 12.3. The molecule has 1 saturated heterocycles. The van der Waals surface area contributed by atoms with Gasteiger partial charge < -0.3 is 4.90 Å². The summed E-state index contributed by atoms with van der Waals surface area (Å²) in [5.41, 5.74) is 2.08. The zero-order valence-corrected chi connectivity index (χ0v) is 11.4. The van der Waals surface area contributed by atoms with Gasteiger partial charge in [-0.3, -0.25) is 9.78 Å². The molecule has 0 unspecified atom stereocenters. The molecule has 1 amide bonds. The molecular weight excluding hydrogens is 248 g/mol. The number of carbonyl (C=O) groups excluding carboxylic acids is 1. The van der Waals surface area contributed by atoms with Crippen LogP contribution in [0.25, 0.3) is 0 Å². The minimum Gasteiger partial charge on any atom is -0.339 e. The van der Waals surface area contributed by atoms with Gasteiger partial charge in [0.25, 0.3) is 5.91 Å². The third-order valence-electron chi connectivity index (χ3n) is 3.96. The van der Waals surface area contributed by atoms with E-state index in [1.54, 1.807) is 12.4 Å². The van der Waals surface area contributed by atoms with Gasteiger partial charge >= 0.3 is 0 Å². The highest BCUT2D eigenvalue weighted by molar-refractivity contribution is 5.93. The molecule has 1 fully saturated rings. The summed E-state index contributed by atoms with van der Waals surface area (Å²) in [7, 11) is 0. The number of nitrogens with zero attached hydrogens (tertiary/aromatic N) is 2. The first kappa shape index (κ1) is 12.9. The lowest BCUT2D eigenvalue weighted by atomic mass is 9.89. The highest BCUT2D eigenvalue weighted by Crippen LogP contribution is 2.28. The van der Waals surface area contributed by atoms with E-state index >= 15 is 0 Å². The van der Waals surface area contributed by atoms with Crippen LogP contribution < -0.4 is 0 Å². The number of rotatable bonds is 2. The predicted octanol–water partition coefficient (Wildman–Crippen LogP) is 3.10. The molecule has 3 rings (SSSR count). The summed E-state index contributed by atoms with van der Waals surface area (Å²) < 4.78 is 0. The van der Waals surface area contributed by atoms with Crippen LogP contribution in [0.3, 0.4) is 0 Å². The van der Waals surface area contributed by atoms with Crippen LogP contribution >= 0.6 is 0 Å². The van der Waals surface area contributed by atoms with Crippen molar-refractivity contribution in [3.8, 4) is 0 Å². The van der Waals surface area contributed by atoms with Crippen molar-refractivity contribution in [2.45, 2.75) is 18.8 Å². The Morgan fingerprint density at radius 1 is 1.05 bits per heavy atom. The fourth-order valence-electron chi connectivity index (χ4n) is 2.81. The van der Waals surface area contributed by atoms with E-state index in [1.807, 2.05) is 23.1 Å². The summed E-state index contributed by atoms with van der Waals surface area (Å²) in [6.45, 7) is 1.65. The average Bonchev–Trinajstić information content (AvgIpc) is 2.56. The molecule has 0 radical (unpaired) electrons. The van der Waals surface area contributed by atoms with Crippen LogP contribution in [0.4, 0.5) is 0 Å².